The molecule has 0 aliphatic carbocycles. The van der Waals surface area contributed by atoms with Crippen molar-refractivity contribution in [2.75, 3.05) is 13.7 Å². The maximum absolute atomic E-state index is 11.2. The Balaban J connectivity index is 1.52. The lowest BCUT2D eigenvalue weighted by Crippen LogP contribution is -2.18. The highest BCUT2D eigenvalue weighted by molar-refractivity contribution is 5.75. The Morgan fingerprint density at radius 1 is 0.906 bits per heavy atom. The Morgan fingerprint density at radius 3 is 2.44 bits per heavy atom. The number of hydrogen-bond acceptors (Lipinski definition) is 6. The van der Waals surface area contributed by atoms with Gasteiger partial charge in [-0.2, -0.15) is 0 Å². The summed E-state index contributed by atoms with van der Waals surface area (Å²) in [7, 11) is 1.39. The van der Waals surface area contributed by atoms with Crippen molar-refractivity contribution in [2.24, 2.45) is 0 Å². The van der Waals surface area contributed by atoms with E-state index in [9.17, 15) is 4.79 Å². The van der Waals surface area contributed by atoms with Gasteiger partial charge in [0.25, 0.3) is 0 Å². The Kier molecular flexibility index (Phi) is 6.72. The summed E-state index contributed by atoms with van der Waals surface area (Å²) in [4.78, 5) is 11.2. The Labute approximate surface area is 187 Å². The molecule has 4 rings (SSSR count). The van der Waals surface area contributed by atoms with Gasteiger partial charge in [0.15, 0.2) is 0 Å². The first-order valence-corrected chi connectivity index (χ1v) is 10.5. The van der Waals surface area contributed by atoms with Crippen LogP contribution in [0.15, 0.2) is 77.2 Å². The van der Waals surface area contributed by atoms with Crippen LogP contribution in [0.3, 0.4) is 0 Å². The Hall–Kier alpha value is -3.77. The van der Waals surface area contributed by atoms with Crippen LogP contribution in [-0.4, -0.2) is 29.8 Å². The molecule has 0 fully saturated rings. The van der Waals surface area contributed by atoms with Crippen molar-refractivity contribution < 1.29 is 13.9 Å². The minimum absolute atomic E-state index is 0.226. The standard InChI is InChI=1S/C26H25N3O3/c1-18-22(20-9-4-3-5-10-20)12-7-13-23(18)26-29-28-25(32-26)21-11-6-8-19(16-21)17-27-15-14-24(30)31-2/h3-13,16,27H,14-15,17H2,1-2H3. The first-order valence-electron chi connectivity index (χ1n) is 10.5. The lowest BCUT2D eigenvalue weighted by molar-refractivity contribution is -0.140. The lowest BCUT2D eigenvalue weighted by atomic mass is 9.96. The van der Waals surface area contributed by atoms with E-state index in [1.807, 2.05) is 54.6 Å². The second-order valence-corrected chi connectivity index (χ2v) is 7.46. The second kappa shape index (κ2) is 10.0. The van der Waals surface area contributed by atoms with Crippen molar-refractivity contribution in [1.29, 1.82) is 0 Å². The molecule has 0 amide bonds. The van der Waals surface area contributed by atoms with Gasteiger partial charge in [0, 0.05) is 24.2 Å². The van der Waals surface area contributed by atoms with Crippen molar-refractivity contribution >= 4 is 5.97 Å². The molecule has 0 bridgehead atoms. The Bertz CT molecular complexity index is 1200. The number of esters is 1. The summed E-state index contributed by atoms with van der Waals surface area (Å²) in [6, 6.07) is 24.3. The number of carbonyl (C=O) groups is 1. The van der Waals surface area contributed by atoms with Crippen LogP contribution in [0.5, 0.6) is 0 Å². The normalized spacial score (nSPS) is 10.8. The van der Waals surface area contributed by atoms with E-state index in [1.165, 1.54) is 7.11 Å². The second-order valence-electron chi connectivity index (χ2n) is 7.46. The predicted molar refractivity (Wildman–Crippen MR) is 124 cm³/mol. The van der Waals surface area contributed by atoms with Gasteiger partial charge >= 0.3 is 5.97 Å². The maximum Gasteiger partial charge on any atom is 0.306 e. The highest BCUT2D eigenvalue weighted by Crippen LogP contribution is 2.32. The molecule has 0 aliphatic heterocycles. The summed E-state index contributed by atoms with van der Waals surface area (Å²) in [6.07, 6.45) is 0.338. The molecule has 3 aromatic carbocycles. The molecule has 4 aromatic rings. The molecule has 0 unspecified atom stereocenters. The van der Waals surface area contributed by atoms with E-state index < -0.39 is 0 Å². The van der Waals surface area contributed by atoms with Crippen LogP contribution in [-0.2, 0) is 16.1 Å². The van der Waals surface area contributed by atoms with E-state index in [0.29, 0.717) is 31.3 Å². The van der Waals surface area contributed by atoms with Gasteiger partial charge in [-0.05, 0) is 47.4 Å². The molecular formula is C26H25N3O3. The number of hydrogen-bond donors (Lipinski definition) is 1. The minimum Gasteiger partial charge on any atom is -0.469 e. The smallest absolute Gasteiger partial charge is 0.306 e. The number of nitrogens with zero attached hydrogens (tertiary/aromatic N) is 2. The number of aromatic nitrogens is 2. The largest absolute Gasteiger partial charge is 0.469 e. The van der Waals surface area contributed by atoms with Crippen LogP contribution in [0.2, 0.25) is 0 Å². The van der Waals surface area contributed by atoms with Crippen molar-refractivity contribution in [1.82, 2.24) is 15.5 Å². The monoisotopic (exact) mass is 427 g/mol. The van der Waals surface area contributed by atoms with Crippen LogP contribution in [0.25, 0.3) is 34.0 Å². The third-order valence-corrected chi connectivity index (χ3v) is 5.31. The first kappa shape index (κ1) is 21.5. The molecule has 0 aliphatic rings. The van der Waals surface area contributed by atoms with Crippen LogP contribution in [0, 0.1) is 6.92 Å². The molecule has 162 valence electrons. The SMILES string of the molecule is COC(=O)CCNCc1cccc(-c2nnc(-c3cccc(-c4ccccc4)c3C)o2)c1. The zero-order chi connectivity index (χ0) is 22.3. The quantitative estimate of drug-likeness (QED) is 0.314. The topological polar surface area (TPSA) is 77.2 Å². The number of benzene rings is 3. The molecule has 6 heteroatoms. The van der Waals surface area contributed by atoms with E-state index in [-0.39, 0.29) is 5.97 Å². The fourth-order valence-corrected chi connectivity index (χ4v) is 3.59. The van der Waals surface area contributed by atoms with Gasteiger partial charge in [-0.15, -0.1) is 10.2 Å². The van der Waals surface area contributed by atoms with Crippen LogP contribution in [0.1, 0.15) is 17.5 Å². The van der Waals surface area contributed by atoms with Crippen molar-refractivity contribution in [3.8, 4) is 34.0 Å². The van der Waals surface area contributed by atoms with Gasteiger partial charge in [0.05, 0.1) is 13.5 Å². The zero-order valence-electron chi connectivity index (χ0n) is 18.2. The molecule has 32 heavy (non-hydrogen) atoms. The van der Waals surface area contributed by atoms with E-state index >= 15 is 0 Å². The maximum atomic E-state index is 11.2. The third kappa shape index (κ3) is 4.92. The Morgan fingerprint density at radius 2 is 1.62 bits per heavy atom. The highest BCUT2D eigenvalue weighted by atomic mass is 16.5. The predicted octanol–water partition coefficient (Wildman–Crippen LogP) is 5.03. The number of rotatable bonds is 8. The molecule has 0 saturated carbocycles. The number of ether oxygens (including phenoxy) is 1. The third-order valence-electron chi connectivity index (χ3n) is 5.31. The summed E-state index contributed by atoms with van der Waals surface area (Å²) >= 11 is 0. The van der Waals surface area contributed by atoms with E-state index in [1.54, 1.807) is 0 Å². The molecule has 0 atom stereocenters. The summed E-state index contributed by atoms with van der Waals surface area (Å²) in [5, 5.41) is 11.8. The number of carbonyl (C=O) groups excluding carboxylic acids is 1. The van der Waals surface area contributed by atoms with E-state index in [0.717, 1.165) is 33.4 Å². The zero-order valence-corrected chi connectivity index (χ0v) is 18.2. The first-order chi connectivity index (χ1) is 15.7. The summed E-state index contributed by atoms with van der Waals surface area (Å²) in [6.45, 7) is 3.25. The van der Waals surface area contributed by atoms with E-state index in [2.05, 4.69) is 45.4 Å². The lowest BCUT2D eigenvalue weighted by Gasteiger charge is -2.09. The molecular weight excluding hydrogens is 402 g/mol. The minimum atomic E-state index is -0.226. The molecule has 1 N–H and O–H groups in total. The molecule has 0 saturated heterocycles. The molecule has 1 aromatic heterocycles. The summed E-state index contributed by atoms with van der Waals surface area (Å²) < 4.78 is 10.7. The van der Waals surface area contributed by atoms with Gasteiger partial charge < -0.3 is 14.5 Å². The summed E-state index contributed by atoms with van der Waals surface area (Å²) in [5.74, 6) is 0.745. The molecule has 1 heterocycles. The average molecular weight is 428 g/mol. The molecule has 0 spiro atoms. The highest BCUT2D eigenvalue weighted by Gasteiger charge is 2.15. The number of methoxy groups -OCH3 is 1. The van der Waals surface area contributed by atoms with Gasteiger partial charge in [-0.3, -0.25) is 4.79 Å². The summed E-state index contributed by atoms with van der Waals surface area (Å²) in [5.41, 5.74) is 6.23. The van der Waals surface area contributed by atoms with Crippen molar-refractivity contribution in [3.63, 3.8) is 0 Å². The van der Waals surface area contributed by atoms with Crippen LogP contribution < -0.4 is 5.32 Å². The van der Waals surface area contributed by atoms with Crippen LogP contribution in [0.4, 0.5) is 0 Å². The molecule has 0 radical (unpaired) electrons. The van der Waals surface area contributed by atoms with Gasteiger partial charge in [0.1, 0.15) is 0 Å². The number of nitrogens with one attached hydrogen (secondary N) is 1. The van der Waals surface area contributed by atoms with Crippen molar-refractivity contribution in [2.45, 2.75) is 19.9 Å². The van der Waals surface area contributed by atoms with Gasteiger partial charge in [-0.25, -0.2) is 0 Å². The van der Waals surface area contributed by atoms with Crippen molar-refractivity contribution in [3.05, 3.63) is 83.9 Å². The molecule has 6 nitrogen and oxygen atoms in total. The van der Waals surface area contributed by atoms with Gasteiger partial charge in [0.2, 0.25) is 11.8 Å². The van der Waals surface area contributed by atoms with Crippen LogP contribution >= 0.6 is 0 Å². The average Bonchev–Trinajstić information content (AvgIpc) is 3.33. The van der Waals surface area contributed by atoms with E-state index in [4.69, 9.17) is 4.42 Å². The fourth-order valence-electron chi connectivity index (χ4n) is 3.59. The van der Waals surface area contributed by atoms with Gasteiger partial charge in [-0.1, -0.05) is 54.6 Å². The fraction of sp³-hybridized carbons (Fsp3) is 0.192.